The number of para-hydroxylation sites is 1. The van der Waals surface area contributed by atoms with E-state index in [-0.39, 0.29) is 6.42 Å². The maximum absolute atomic E-state index is 13.7. The molecule has 2 aromatic heterocycles. The number of hydrogen-bond donors (Lipinski definition) is 2. The molecule has 178 valence electrons. The second-order valence-corrected chi connectivity index (χ2v) is 7.81. The normalized spacial score (nSPS) is 13.2. The van der Waals surface area contributed by atoms with Crippen molar-refractivity contribution >= 4 is 33.9 Å². The highest BCUT2D eigenvalue weighted by Crippen LogP contribution is 2.35. The molecule has 0 spiro atoms. The van der Waals surface area contributed by atoms with E-state index >= 15 is 0 Å². The molecule has 4 aromatic rings. The summed E-state index contributed by atoms with van der Waals surface area (Å²) in [5, 5.41) is 31.7. The van der Waals surface area contributed by atoms with Gasteiger partial charge in [-0.15, -0.1) is 5.10 Å². The number of fused-ring (bicyclic) bond motifs is 1. The molecule has 1 unspecified atom stereocenters. The molecule has 9 nitrogen and oxygen atoms in total. The van der Waals surface area contributed by atoms with Crippen molar-refractivity contribution < 1.29 is 28.6 Å². The van der Waals surface area contributed by atoms with Crippen molar-refractivity contribution in [1.82, 2.24) is 20.2 Å². The van der Waals surface area contributed by atoms with E-state index in [2.05, 4.69) is 15.5 Å². The number of carboxylic acid groups (broad SMARTS) is 1. The number of allylic oxidation sites excluding steroid dienone is 2. The van der Waals surface area contributed by atoms with Crippen LogP contribution in [-0.2, 0) is 16.6 Å². The molecule has 10 heteroatoms. The van der Waals surface area contributed by atoms with E-state index in [1.807, 2.05) is 30.3 Å². The fourth-order valence-corrected chi connectivity index (χ4v) is 3.63. The van der Waals surface area contributed by atoms with Crippen molar-refractivity contribution in [3.05, 3.63) is 89.7 Å². The Hall–Kier alpha value is -4.44. The number of aryl methyl sites for hydroxylation is 1. The third-order valence-corrected chi connectivity index (χ3v) is 5.21. The molecule has 1 atom stereocenters. The molecule has 0 amide bonds. The van der Waals surface area contributed by atoms with Crippen molar-refractivity contribution in [2.45, 2.75) is 18.9 Å². The number of halogens is 1. The van der Waals surface area contributed by atoms with Crippen LogP contribution in [-0.4, -0.2) is 48.3 Å². The number of hydrogen-bond acceptors (Lipinski definition) is 7. The van der Waals surface area contributed by atoms with Crippen LogP contribution in [0.5, 0.6) is 0 Å². The van der Waals surface area contributed by atoms with Crippen LogP contribution < -0.4 is 0 Å². The van der Waals surface area contributed by atoms with Crippen molar-refractivity contribution in [2.24, 2.45) is 7.05 Å². The summed E-state index contributed by atoms with van der Waals surface area (Å²) in [5.74, 6) is -1.51. The minimum Gasteiger partial charge on any atom is -0.481 e. The summed E-state index contributed by atoms with van der Waals surface area (Å²) in [6.45, 7) is 0. The van der Waals surface area contributed by atoms with Gasteiger partial charge in [-0.2, -0.15) is 0 Å². The predicted molar refractivity (Wildman–Crippen MR) is 124 cm³/mol. The number of Topliss-reactive ketones (excluding diaryl/α,β-unsaturated/α-hetero) is 1. The van der Waals surface area contributed by atoms with Crippen molar-refractivity contribution in [1.29, 1.82) is 0 Å². The van der Waals surface area contributed by atoms with Gasteiger partial charge in [0.25, 0.3) is 0 Å². The molecule has 0 aliphatic rings. The Bertz CT molecular complexity index is 1400. The first-order valence-corrected chi connectivity index (χ1v) is 10.6. The predicted octanol–water partition coefficient (Wildman–Crippen LogP) is 3.41. The maximum atomic E-state index is 13.7. The monoisotopic (exact) mass is 476 g/mol. The molecule has 0 fully saturated rings. The second-order valence-electron chi connectivity index (χ2n) is 7.81. The Balaban J connectivity index is 1.88. The van der Waals surface area contributed by atoms with Gasteiger partial charge in [-0.3, -0.25) is 9.59 Å². The Kier molecular flexibility index (Phi) is 6.93. The van der Waals surface area contributed by atoms with Gasteiger partial charge in [0.05, 0.1) is 6.10 Å². The number of rotatable bonds is 9. The van der Waals surface area contributed by atoms with Gasteiger partial charge in [0.2, 0.25) is 0 Å². The molecule has 2 N–H and O–H groups in total. The number of aliphatic hydroxyl groups excluding tert-OH is 1. The second kappa shape index (κ2) is 10.2. The molecule has 0 radical (unpaired) electrons. The van der Waals surface area contributed by atoms with Crippen molar-refractivity contribution in [3.63, 3.8) is 0 Å². The lowest BCUT2D eigenvalue weighted by molar-refractivity contribution is -0.140. The van der Waals surface area contributed by atoms with Crippen LogP contribution in [0.25, 0.3) is 22.1 Å². The van der Waals surface area contributed by atoms with E-state index in [0.29, 0.717) is 33.9 Å². The first-order chi connectivity index (χ1) is 16.8. The SMILES string of the molecule is Cn1nnnc1C(C=CC(O)CC(=O)CC(=O)O)=C(c1ccc(F)cc1)c1cc2ccccc2o1. The molecule has 2 heterocycles. The number of furan rings is 1. The zero-order valence-electron chi connectivity index (χ0n) is 18.6. The van der Waals surface area contributed by atoms with Crippen LogP contribution >= 0.6 is 0 Å². The minimum atomic E-state index is -1.26. The third kappa shape index (κ3) is 5.56. The number of aliphatic carboxylic acids is 1. The molecular weight excluding hydrogens is 455 g/mol. The zero-order valence-corrected chi connectivity index (χ0v) is 18.6. The van der Waals surface area contributed by atoms with Gasteiger partial charge in [0.1, 0.15) is 29.4 Å². The van der Waals surface area contributed by atoms with Crippen LogP contribution in [0.15, 0.2) is 71.2 Å². The molecule has 0 bridgehead atoms. The van der Waals surface area contributed by atoms with E-state index in [1.54, 1.807) is 19.2 Å². The maximum Gasteiger partial charge on any atom is 0.310 e. The Morgan fingerprint density at radius 1 is 1.17 bits per heavy atom. The standard InChI is InChI=1S/C25H21FN4O5/c1-30-25(27-28-29-30)20(11-10-18(31)13-19(32)14-23(33)34)24(15-6-8-17(26)9-7-15)22-12-16-4-2-3-5-21(16)35-22/h2-12,18,31H,13-14H2,1H3,(H,33,34). The fraction of sp³-hybridized carbons (Fsp3) is 0.160. The van der Waals surface area contributed by atoms with Gasteiger partial charge in [0, 0.05) is 30.0 Å². The van der Waals surface area contributed by atoms with Crippen LogP contribution in [0.4, 0.5) is 4.39 Å². The summed E-state index contributed by atoms with van der Waals surface area (Å²) in [6.07, 6.45) is 0.597. The zero-order chi connectivity index (χ0) is 24.9. The van der Waals surface area contributed by atoms with E-state index in [9.17, 15) is 19.1 Å². The number of ketones is 1. The van der Waals surface area contributed by atoms with Gasteiger partial charge >= 0.3 is 5.97 Å². The van der Waals surface area contributed by atoms with Crippen LogP contribution in [0.1, 0.15) is 30.0 Å². The largest absolute Gasteiger partial charge is 0.481 e. The number of aliphatic hydroxyl groups is 1. The number of benzene rings is 2. The van der Waals surface area contributed by atoms with Gasteiger partial charge in [-0.1, -0.05) is 42.5 Å². The van der Waals surface area contributed by atoms with Gasteiger partial charge in [-0.25, -0.2) is 9.07 Å². The Morgan fingerprint density at radius 3 is 2.57 bits per heavy atom. The number of aromatic nitrogens is 4. The lowest BCUT2D eigenvalue weighted by atomic mass is 9.95. The molecule has 4 rings (SSSR count). The number of nitrogens with zero attached hydrogens (tertiary/aromatic N) is 4. The molecule has 35 heavy (non-hydrogen) atoms. The number of tetrazole rings is 1. The van der Waals surface area contributed by atoms with Crippen molar-refractivity contribution in [2.75, 3.05) is 0 Å². The van der Waals surface area contributed by atoms with Crippen LogP contribution in [0.3, 0.4) is 0 Å². The van der Waals surface area contributed by atoms with E-state index in [1.165, 1.54) is 29.0 Å². The topological polar surface area (TPSA) is 131 Å². The van der Waals surface area contributed by atoms with Crippen LogP contribution in [0.2, 0.25) is 0 Å². The average Bonchev–Trinajstić information content (AvgIpc) is 3.42. The lowest BCUT2D eigenvalue weighted by Gasteiger charge is -2.12. The minimum absolute atomic E-state index is 0.324. The summed E-state index contributed by atoms with van der Waals surface area (Å²) >= 11 is 0. The molecule has 0 saturated carbocycles. The summed E-state index contributed by atoms with van der Waals surface area (Å²) < 4.78 is 21.3. The summed E-state index contributed by atoms with van der Waals surface area (Å²) in [4.78, 5) is 22.6. The molecule has 0 aliphatic carbocycles. The molecule has 0 aliphatic heterocycles. The van der Waals surface area contributed by atoms with E-state index in [0.717, 1.165) is 5.39 Å². The first-order valence-electron chi connectivity index (χ1n) is 10.6. The van der Waals surface area contributed by atoms with Gasteiger partial charge < -0.3 is 14.6 Å². The molecule has 2 aromatic carbocycles. The third-order valence-electron chi connectivity index (χ3n) is 5.21. The average molecular weight is 476 g/mol. The summed E-state index contributed by atoms with van der Waals surface area (Å²) in [7, 11) is 1.64. The lowest BCUT2D eigenvalue weighted by Crippen LogP contribution is -2.14. The number of carboxylic acids is 1. The quantitative estimate of drug-likeness (QED) is 0.278. The first kappa shape index (κ1) is 23.7. The summed E-state index contributed by atoms with van der Waals surface area (Å²) in [6, 6.07) is 15.1. The summed E-state index contributed by atoms with van der Waals surface area (Å²) in [5.41, 5.74) is 2.21. The van der Waals surface area contributed by atoms with Gasteiger partial charge in [-0.05, 0) is 40.3 Å². The van der Waals surface area contributed by atoms with Crippen LogP contribution in [0, 0.1) is 5.82 Å². The Morgan fingerprint density at radius 2 is 1.91 bits per heavy atom. The Labute approximate surface area is 198 Å². The number of carbonyl (C=O) groups excluding carboxylic acids is 1. The molecule has 0 saturated heterocycles. The smallest absolute Gasteiger partial charge is 0.310 e. The van der Waals surface area contributed by atoms with E-state index in [4.69, 9.17) is 9.52 Å². The number of carbonyl (C=O) groups is 2. The van der Waals surface area contributed by atoms with E-state index < -0.39 is 30.1 Å². The van der Waals surface area contributed by atoms with Gasteiger partial charge in [0.15, 0.2) is 5.82 Å². The molecular formula is C25H21FN4O5. The highest BCUT2D eigenvalue weighted by molar-refractivity contribution is 6.01. The fourth-order valence-electron chi connectivity index (χ4n) is 3.63. The highest BCUT2D eigenvalue weighted by Gasteiger charge is 2.21. The van der Waals surface area contributed by atoms with Crippen molar-refractivity contribution in [3.8, 4) is 0 Å². The highest BCUT2D eigenvalue weighted by atomic mass is 19.1.